The Hall–Kier alpha value is -1.47. The van der Waals surface area contributed by atoms with E-state index in [1.165, 1.54) is 4.88 Å². The fourth-order valence-corrected chi connectivity index (χ4v) is 5.86. The third kappa shape index (κ3) is 3.29. The summed E-state index contributed by atoms with van der Waals surface area (Å²) >= 11 is 1.69. The molecular weight excluding hydrogens is 360 g/mol. The van der Waals surface area contributed by atoms with Crippen molar-refractivity contribution in [3.63, 3.8) is 0 Å². The summed E-state index contributed by atoms with van der Waals surface area (Å²) in [5.41, 5.74) is 2.57. The zero-order valence-corrected chi connectivity index (χ0v) is 17.4. The molecule has 0 aliphatic carbocycles. The van der Waals surface area contributed by atoms with Crippen LogP contribution < -0.4 is 0 Å². The third-order valence-electron chi connectivity index (χ3n) is 6.52. The maximum Gasteiger partial charge on any atom is 0.232 e. The lowest BCUT2D eigenvalue weighted by atomic mass is 9.79. The number of hydrogen-bond donors (Lipinski definition) is 0. The Balaban J connectivity index is 1.56. The van der Waals surface area contributed by atoms with Crippen molar-refractivity contribution in [1.82, 2.24) is 19.7 Å². The van der Waals surface area contributed by atoms with Gasteiger partial charge in [0.1, 0.15) is 0 Å². The molecule has 1 aromatic rings. The summed E-state index contributed by atoms with van der Waals surface area (Å²) in [6.45, 7) is 11.5. The second-order valence-electron chi connectivity index (χ2n) is 8.76. The van der Waals surface area contributed by atoms with Crippen LogP contribution in [0.4, 0.5) is 0 Å². The number of carbonyl (C=O) groups is 2. The second kappa shape index (κ2) is 7.17. The molecular formula is C20H30N4O2S. The lowest BCUT2D eigenvalue weighted by molar-refractivity contribution is -0.142. The highest BCUT2D eigenvalue weighted by Crippen LogP contribution is 2.45. The molecule has 3 aliphatic heterocycles. The minimum absolute atomic E-state index is 0.0151. The van der Waals surface area contributed by atoms with E-state index in [4.69, 9.17) is 0 Å². The third-order valence-corrected chi connectivity index (χ3v) is 7.44. The smallest absolute Gasteiger partial charge is 0.232 e. The largest absolute Gasteiger partial charge is 0.342 e. The predicted octanol–water partition coefficient (Wildman–Crippen LogP) is 1.99. The number of fused-ring (bicyclic) bond motifs is 1. The molecule has 0 radical (unpaired) electrons. The molecule has 0 spiro atoms. The van der Waals surface area contributed by atoms with Crippen LogP contribution in [0.2, 0.25) is 0 Å². The van der Waals surface area contributed by atoms with Crippen molar-refractivity contribution >= 4 is 23.2 Å². The Labute approximate surface area is 165 Å². The van der Waals surface area contributed by atoms with Gasteiger partial charge in [0.25, 0.3) is 0 Å². The lowest BCUT2D eigenvalue weighted by Crippen LogP contribution is -2.49. The van der Waals surface area contributed by atoms with Crippen LogP contribution in [-0.2, 0) is 16.1 Å². The average molecular weight is 391 g/mol. The second-order valence-corrected chi connectivity index (χ2v) is 9.70. The lowest BCUT2D eigenvalue weighted by Gasteiger charge is -2.32. The first kappa shape index (κ1) is 18.9. The maximum absolute atomic E-state index is 13.6. The van der Waals surface area contributed by atoms with Crippen molar-refractivity contribution in [2.75, 3.05) is 39.3 Å². The molecule has 4 rings (SSSR count). The van der Waals surface area contributed by atoms with E-state index in [9.17, 15) is 9.59 Å². The highest BCUT2D eigenvalue weighted by atomic mass is 32.1. The fourth-order valence-electron chi connectivity index (χ4n) is 5.04. The Bertz CT molecular complexity index is 727. The fraction of sp³-hybridized carbons (Fsp3) is 0.750. The van der Waals surface area contributed by atoms with E-state index in [2.05, 4.69) is 21.7 Å². The molecule has 0 aromatic carbocycles. The number of likely N-dealkylation sites (tertiary alicyclic amines) is 3. The van der Waals surface area contributed by atoms with Crippen LogP contribution in [0.25, 0.3) is 0 Å². The molecule has 3 aliphatic rings. The molecule has 0 unspecified atom stereocenters. The maximum atomic E-state index is 13.6. The first-order chi connectivity index (χ1) is 12.9. The molecule has 0 saturated carbocycles. The SMILES string of the molecule is Cc1ncsc1CN1C[C@@H]2CN(C(=O)C(C)C)C[C@]2(C(=O)N2CCCC2)C1. The monoisotopic (exact) mass is 390 g/mol. The van der Waals surface area contributed by atoms with Gasteiger partial charge in [0.15, 0.2) is 0 Å². The number of aromatic nitrogens is 1. The summed E-state index contributed by atoms with van der Waals surface area (Å²) in [5, 5.41) is 0. The van der Waals surface area contributed by atoms with Gasteiger partial charge in [-0.05, 0) is 19.8 Å². The number of aryl methyl sites for hydroxylation is 1. The molecule has 2 amide bonds. The summed E-state index contributed by atoms with van der Waals surface area (Å²) in [5.74, 6) is 0.690. The van der Waals surface area contributed by atoms with Gasteiger partial charge in [-0.1, -0.05) is 13.8 Å². The molecule has 27 heavy (non-hydrogen) atoms. The number of carbonyl (C=O) groups excluding carboxylic acids is 2. The molecule has 3 saturated heterocycles. The van der Waals surface area contributed by atoms with Gasteiger partial charge in [0.2, 0.25) is 11.8 Å². The first-order valence-electron chi connectivity index (χ1n) is 10.1. The van der Waals surface area contributed by atoms with E-state index in [-0.39, 0.29) is 23.7 Å². The van der Waals surface area contributed by atoms with Gasteiger partial charge < -0.3 is 9.80 Å². The van der Waals surface area contributed by atoms with Crippen molar-refractivity contribution in [1.29, 1.82) is 0 Å². The summed E-state index contributed by atoms with van der Waals surface area (Å²) in [4.78, 5) is 38.3. The molecule has 3 fully saturated rings. The van der Waals surface area contributed by atoms with Crippen molar-refractivity contribution < 1.29 is 9.59 Å². The van der Waals surface area contributed by atoms with Crippen LogP contribution in [0, 0.1) is 24.2 Å². The highest BCUT2D eigenvalue weighted by molar-refractivity contribution is 7.09. The van der Waals surface area contributed by atoms with Crippen molar-refractivity contribution in [2.45, 2.75) is 40.2 Å². The van der Waals surface area contributed by atoms with Gasteiger partial charge in [-0.3, -0.25) is 14.5 Å². The number of hydrogen-bond acceptors (Lipinski definition) is 5. The van der Waals surface area contributed by atoms with Gasteiger partial charge in [0.05, 0.1) is 16.6 Å². The van der Waals surface area contributed by atoms with Gasteiger partial charge in [-0.25, -0.2) is 4.98 Å². The van der Waals surface area contributed by atoms with E-state index in [0.29, 0.717) is 6.54 Å². The van der Waals surface area contributed by atoms with Gasteiger partial charge >= 0.3 is 0 Å². The Morgan fingerprint density at radius 2 is 1.96 bits per heavy atom. The van der Waals surface area contributed by atoms with Crippen LogP contribution in [-0.4, -0.2) is 70.8 Å². The van der Waals surface area contributed by atoms with E-state index >= 15 is 0 Å². The topological polar surface area (TPSA) is 56.8 Å². The Kier molecular flexibility index (Phi) is 5.01. The Morgan fingerprint density at radius 3 is 2.59 bits per heavy atom. The van der Waals surface area contributed by atoms with Crippen LogP contribution in [0.1, 0.15) is 37.3 Å². The molecule has 6 nitrogen and oxygen atoms in total. The van der Waals surface area contributed by atoms with E-state index in [0.717, 1.165) is 57.8 Å². The zero-order valence-electron chi connectivity index (χ0n) is 16.6. The normalized spacial score (nSPS) is 28.4. The highest BCUT2D eigenvalue weighted by Gasteiger charge is 2.59. The molecule has 148 valence electrons. The van der Waals surface area contributed by atoms with E-state index in [1.54, 1.807) is 11.3 Å². The quantitative estimate of drug-likeness (QED) is 0.789. The summed E-state index contributed by atoms with van der Waals surface area (Å²) in [6, 6.07) is 0. The average Bonchev–Trinajstić information content (AvgIpc) is 3.38. The van der Waals surface area contributed by atoms with E-state index < -0.39 is 5.41 Å². The van der Waals surface area contributed by atoms with Crippen molar-refractivity contribution in [2.24, 2.45) is 17.3 Å². The molecule has 1 aromatic heterocycles. The molecule has 0 bridgehead atoms. The molecule has 2 atom stereocenters. The Morgan fingerprint density at radius 1 is 1.22 bits per heavy atom. The number of nitrogens with zero attached hydrogens (tertiary/aromatic N) is 4. The number of thiazole rings is 1. The summed E-state index contributed by atoms with van der Waals surface area (Å²) in [6.07, 6.45) is 2.20. The van der Waals surface area contributed by atoms with Gasteiger partial charge in [-0.15, -0.1) is 11.3 Å². The van der Waals surface area contributed by atoms with Crippen LogP contribution in [0.15, 0.2) is 5.51 Å². The molecule has 7 heteroatoms. The van der Waals surface area contributed by atoms with Gasteiger partial charge in [-0.2, -0.15) is 0 Å². The first-order valence-corrected chi connectivity index (χ1v) is 11.0. The van der Waals surface area contributed by atoms with Crippen molar-refractivity contribution in [3.8, 4) is 0 Å². The molecule has 0 N–H and O–H groups in total. The standard InChI is InChI=1S/C20H30N4O2S/c1-14(2)18(25)24-9-16-8-22(10-17-15(3)21-13-27-17)11-20(16,12-24)19(26)23-6-4-5-7-23/h13-14,16H,4-12H2,1-3H3/t16-,20-/m1/s1. The van der Waals surface area contributed by atoms with Crippen molar-refractivity contribution in [3.05, 3.63) is 16.1 Å². The van der Waals surface area contributed by atoms with Crippen LogP contribution in [0.3, 0.4) is 0 Å². The summed E-state index contributed by atoms with van der Waals surface area (Å²) < 4.78 is 0. The van der Waals surface area contributed by atoms with E-state index in [1.807, 2.05) is 24.3 Å². The van der Waals surface area contributed by atoms with Crippen LogP contribution >= 0.6 is 11.3 Å². The molecule has 4 heterocycles. The van der Waals surface area contributed by atoms with Gasteiger partial charge in [0, 0.05) is 62.5 Å². The predicted molar refractivity (Wildman–Crippen MR) is 105 cm³/mol. The minimum atomic E-state index is -0.423. The number of amides is 2. The minimum Gasteiger partial charge on any atom is -0.342 e. The number of rotatable bonds is 4. The zero-order chi connectivity index (χ0) is 19.2. The van der Waals surface area contributed by atoms with Crippen LogP contribution in [0.5, 0.6) is 0 Å². The summed E-state index contributed by atoms with van der Waals surface area (Å²) in [7, 11) is 0.